The average molecular weight is 470 g/mol. The molecule has 0 bridgehead atoms. The molecule has 0 spiro atoms. The largest absolute Gasteiger partial charge is 0.573 e. The molecule has 32 heavy (non-hydrogen) atoms. The molecule has 1 aromatic carbocycles. The van der Waals surface area contributed by atoms with E-state index in [1.807, 2.05) is 6.07 Å². The Kier molecular flexibility index (Phi) is 6.76. The molecule has 1 aromatic heterocycles. The number of amides is 1. The highest BCUT2D eigenvalue weighted by Crippen LogP contribution is 2.42. The van der Waals surface area contributed by atoms with Crippen LogP contribution in [0.25, 0.3) is 0 Å². The van der Waals surface area contributed by atoms with E-state index in [1.165, 1.54) is 18.3 Å². The summed E-state index contributed by atoms with van der Waals surface area (Å²) in [6.45, 7) is 2.06. The highest BCUT2D eigenvalue weighted by Gasteiger charge is 2.32. The molecule has 2 N–H and O–H groups in total. The first-order chi connectivity index (χ1) is 15.3. The molecule has 2 fully saturated rings. The summed E-state index contributed by atoms with van der Waals surface area (Å²) in [7, 11) is 0. The number of hydrogen-bond acceptors (Lipinski definition) is 5. The van der Waals surface area contributed by atoms with E-state index in [9.17, 15) is 18.0 Å². The third-order valence-electron chi connectivity index (χ3n) is 5.52. The topological polar surface area (TPSA) is 72.5 Å². The first kappa shape index (κ1) is 22.7. The van der Waals surface area contributed by atoms with Gasteiger partial charge in [-0.1, -0.05) is 11.6 Å². The monoisotopic (exact) mass is 469 g/mol. The molecule has 1 amide bonds. The SMILES string of the molecule is O=C(NCC1CCOCC1)c1cnc(Nc2ccc(OC(F)(F)F)c(Cl)c2)cc1C1CC1. The van der Waals surface area contributed by atoms with E-state index >= 15 is 0 Å². The first-order valence-corrected chi connectivity index (χ1v) is 10.8. The van der Waals surface area contributed by atoms with Crippen molar-refractivity contribution in [3.05, 3.63) is 46.6 Å². The maximum absolute atomic E-state index is 12.8. The molecule has 0 unspecified atom stereocenters. The molecule has 1 aliphatic heterocycles. The third kappa shape index (κ3) is 6.04. The predicted molar refractivity (Wildman–Crippen MR) is 114 cm³/mol. The van der Waals surface area contributed by atoms with E-state index < -0.39 is 12.1 Å². The fourth-order valence-electron chi connectivity index (χ4n) is 3.68. The minimum atomic E-state index is -4.82. The quantitative estimate of drug-likeness (QED) is 0.567. The van der Waals surface area contributed by atoms with Gasteiger partial charge in [0.2, 0.25) is 0 Å². The van der Waals surface area contributed by atoms with Gasteiger partial charge in [-0.3, -0.25) is 4.79 Å². The van der Waals surface area contributed by atoms with Crippen molar-refractivity contribution in [2.24, 2.45) is 5.92 Å². The van der Waals surface area contributed by atoms with Gasteiger partial charge >= 0.3 is 6.36 Å². The second-order valence-electron chi connectivity index (χ2n) is 8.01. The molecule has 1 saturated heterocycles. The zero-order valence-corrected chi connectivity index (χ0v) is 17.9. The van der Waals surface area contributed by atoms with Gasteiger partial charge < -0.3 is 20.1 Å². The second-order valence-corrected chi connectivity index (χ2v) is 8.42. The molecule has 10 heteroatoms. The summed E-state index contributed by atoms with van der Waals surface area (Å²) < 4.78 is 46.5. The minimum Gasteiger partial charge on any atom is -0.404 e. The molecule has 0 atom stereocenters. The average Bonchev–Trinajstić information content (AvgIpc) is 3.59. The van der Waals surface area contributed by atoms with Crippen molar-refractivity contribution < 1.29 is 27.4 Å². The molecule has 0 radical (unpaired) electrons. The molecule has 2 heterocycles. The number of alkyl halides is 3. The lowest BCUT2D eigenvalue weighted by molar-refractivity contribution is -0.274. The van der Waals surface area contributed by atoms with Gasteiger partial charge in [-0.05, 0) is 67.3 Å². The number of pyridine rings is 1. The number of carbonyl (C=O) groups is 1. The zero-order valence-electron chi connectivity index (χ0n) is 17.2. The van der Waals surface area contributed by atoms with Crippen LogP contribution in [0.2, 0.25) is 5.02 Å². The lowest BCUT2D eigenvalue weighted by atomic mass is 10.00. The Morgan fingerprint density at radius 2 is 1.94 bits per heavy atom. The summed E-state index contributed by atoms with van der Waals surface area (Å²) in [6, 6.07) is 5.70. The van der Waals surface area contributed by atoms with Crippen molar-refractivity contribution in [3.63, 3.8) is 0 Å². The lowest BCUT2D eigenvalue weighted by Gasteiger charge is -2.22. The Hall–Kier alpha value is -2.52. The molecule has 6 nitrogen and oxygen atoms in total. The number of benzene rings is 1. The number of halogens is 4. The smallest absolute Gasteiger partial charge is 0.404 e. The molecule has 2 aliphatic rings. The number of ether oxygens (including phenoxy) is 2. The number of nitrogens with one attached hydrogen (secondary N) is 2. The van der Waals surface area contributed by atoms with Crippen LogP contribution in [0, 0.1) is 5.92 Å². The highest BCUT2D eigenvalue weighted by atomic mass is 35.5. The third-order valence-corrected chi connectivity index (χ3v) is 5.82. The normalized spacial score (nSPS) is 17.1. The molecule has 172 valence electrons. The van der Waals surface area contributed by atoms with Crippen molar-refractivity contribution in [2.45, 2.75) is 38.0 Å². The Bertz CT molecular complexity index is 977. The number of carbonyl (C=O) groups excluding carboxylic acids is 1. The van der Waals surface area contributed by atoms with Crippen LogP contribution in [0.5, 0.6) is 5.75 Å². The van der Waals surface area contributed by atoms with E-state index in [0.29, 0.717) is 35.4 Å². The van der Waals surface area contributed by atoms with E-state index in [4.69, 9.17) is 16.3 Å². The molecular formula is C22H23ClF3N3O3. The summed E-state index contributed by atoms with van der Waals surface area (Å²) in [5.74, 6) is 0.573. The van der Waals surface area contributed by atoms with Crippen molar-refractivity contribution in [1.82, 2.24) is 10.3 Å². The fourth-order valence-corrected chi connectivity index (χ4v) is 3.90. The maximum atomic E-state index is 12.8. The Morgan fingerprint density at radius 1 is 1.19 bits per heavy atom. The Labute approximate surface area is 188 Å². The Balaban J connectivity index is 1.45. The van der Waals surface area contributed by atoms with Crippen LogP contribution < -0.4 is 15.4 Å². The van der Waals surface area contributed by atoms with Gasteiger partial charge in [0.05, 0.1) is 10.6 Å². The van der Waals surface area contributed by atoms with Gasteiger partial charge in [0.25, 0.3) is 5.91 Å². The van der Waals surface area contributed by atoms with Crippen LogP contribution in [0.1, 0.15) is 47.5 Å². The summed E-state index contributed by atoms with van der Waals surface area (Å²) in [5, 5.41) is 5.86. The number of nitrogens with zero attached hydrogens (tertiary/aromatic N) is 1. The summed E-state index contributed by atoms with van der Waals surface area (Å²) in [5.41, 5.74) is 1.92. The molecular weight excluding hydrogens is 447 g/mol. The maximum Gasteiger partial charge on any atom is 0.573 e. The van der Waals surface area contributed by atoms with Crippen LogP contribution in [0.4, 0.5) is 24.7 Å². The van der Waals surface area contributed by atoms with Gasteiger partial charge in [0.15, 0.2) is 0 Å². The van der Waals surface area contributed by atoms with E-state index in [2.05, 4.69) is 20.4 Å². The summed E-state index contributed by atoms with van der Waals surface area (Å²) >= 11 is 5.91. The highest BCUT2D eigenvalue weighted by molar-refractivity contribution is 6.32. The fraction of sp³-hybridized carbons (Fsp3) is 0.455. The molecule has 4 rings (SSSR count). The molecule has 1 saturated carbocycles. The Morgan fingerprint density at radius 3 is 2.59 bits per heavy atom. The summed E-state index contributed by atoms with van der Waals surface area (Å²) in [4.78, 5) is 17.1. The lowest BCUT2D eigenvalue weighted by Crippen LogP contribution is -2.32. The van der Waals surface area contributed by atoms with Crippen molar-refractivity contribution >= 4 is 29.0 Å². The van der Waals surface area contributed by atoms with Crippen molar-refractivity contribution in [1.29, 1.82) is 0 Å². The van der Waals surface area contributed by atoms with Crippen LogP contribution in [-0.4, -0.2) is 37.0 Å². The molecule has 1 aliphatic carbocycles. The van der Waals surface area contributed by atoms with Crippen LogP contribution >= 0.6 is 11.6 Å². The van der Waals surface area contributed by atoms with Gasteiger partial charge in [0, 0.05) is 31.6 Å². The van der Waals surface area contributed by atoms with Gasteiger partial charge in [-0.25, -0.2) is 4.98 Å². The number of anilines is 2. The zero-order chi connectivity index (χ0) is 22.7. The van der Waals surface area contributed by atoms with E-state index in [1.54, 1.807) is 0 Å². The number of hydrogen-bond donors (Lipinski definition) is 2. The van der Waals surface area contributed by atoms with Crippen LogP contribution in [0.15, 0.2) is 30.5 Å². The van der Waals surface area contributed by atoms with Crippen LogP contribution in [0.3, 0.4) is 0 Å². The minimum absolute atomic E-state index is 0.144. The van der Waals surface area contributed by atoms with Crippen molar-refractivity contribution in [3.8, 4) is 5.75 Å². The van der Waals surface area contributed by atoms with Gasteiger partial charge in [-0.2, -0.15) is 0 Å². The van der Waals surface area contributed by atoms with Gasteiger partial charge in [0.1, 0.15) is 11.6 Å². The molecule has 2 aromatic rings. The first-order valence-electron chi connectivity index (χ1n) is 10.5. The van der Waals surface area contributed by atoms with Gasteiger partial charge in [-0.15, -0.1) is 13.2 Å². The second kappa shape index (κ2) is 9.54. The van der Waals surface area contributed by atoms with Crippen LogP contribution in [-0.2, 0) is 4.74 Å². The standard InChI is InChI=1S/C22H23ClF3N3O3/c23-18-9-15(3-4-19(18)32-22(24,25)26)29-20-10-16(14-1-2-14)17(12-27-20)21(30)28-11-13-5-7-31-8-6-13/h3-4,9-10,12-14H,1-2,5-8,11H2,(H,27,29)(H,28,30). The van der Waals surface area contributed by atoms with Crippen molar-refractivity contribution in [2.75, 3.05) is 25.1 Å². The summed E-state index contributed by atoms with van der Waals surface area (Å²) in [6.07, 6.45) is 0.592. The number of aromatic nitrogens is 1. The number of rotatable bonds is 7. The van der Waals surface area contributed by atoms with E-state index in [-0.39, 0.29) is 10.9 Å². The predicted octanol–water partition coefficient (Wildman–Crippen LogP) is 5.41. The van der Waals surface area contributed by atoms with E-state index in [0.717, 1.165) is 50.5 Å².